The zero-order valence-corrected chi connectivity index (χ0v) is 8.74. The van der Waals surface area contributed by atoms with Gasteiger partial charge in [0.25, 0.3) is 0 Å². The summed E-state index contributed by atoms with van der Waals surface area (Å²) in [7, 11) is 0. The number of carbonyl (C=O) groups is 1. The molecule has 2 nitrogen and oxygen atoms in total. The van der Waals surface area contributed by atoms with E-state index < -0.39 is 0 Å². The number of carbonyl (C=O) groups excluding carboxylic acids is 1. The maximum Gasteiger partial charge on any atom is 0.124 e. The van der Waals surface area contributed by atoms with Crippen LogP contribution in [0.15, 0.2) is 0 Å². The van der Waals surface area contributed by atoms with Crippen molar-refractivity contribution in [1.82, 2.24) is 4.90 Å². The van der Waals surface area contributed by atoms with E-state index in [1.165, 1.54) is 44.9 Å². The van der Waals surface area contributed by atoms with Crippen molar-refractivity contribution in [2.75, 3.05) is 13.1 Å². The first-order chi connectivity index (χ1) is 6.82. The lowest BCUT2D eigenvalue weighted by atomic mass is 9.70. The molecule has 1 spiro atoms. The van der Waals surface area contributed by atoms with Gasteiger partial charge in [0.05, 0.1) is 0 Å². The van der Waals surface area contributed by atoms with E-state index in [0.29, 0.717) is 11.5 Å². The summed E-state index contributed by atoms with van der Waals surface area (Å²) in [6, 6.07) is 0. The van der Waals surface area contributed by atoms with Crippen LogP contribution in [0, 0.1) is 11.8 Å². The molecule has 0 radical (unpaired) electrons. The fourth-order valence-electron chi connectivity index (χ4n) is 4.10. The molecule has 2 saturated heterocycles. The summed E-state index contributed by atoms with van der Waals surface area (Å²) in [5.74, 6) is 1.32. The molecule has 2 heteroatoms. The Morgan fingerprint density at radius 3 is 3.07 bits per heavy atom. The predicted molar refractivity (Wildman–Crippen MR) is 55.1 cm³/mol. The molecule has 2 bridgehead atoms. The smallest absolute Gasteiger partial charge is 0.124 e. The van der Waals surface area contributed by atoms with Crippen molar-refractivity contribution in [3.05, 3.63) is 0 Å². The Morgan fingerprint density at radius 2 is 2.21 bits per heavy atom. The molecule has 0 N–H and O–H groups in total. The molecule has 1 unspecified atom stereocenters. The van der Waals surface area contributed by atoms with Crippen molar-refractivity contribution in [3.8, 4) is 0 Å². The topological polar surface area (TPSA) is 20.3 Å². The minimum Gasteiger partial charge on any atom is -0.303 e. The molecule has 2 heterocycles. The maximum absolute atomic E-state index is 10.9. The van der Waals surface area contributed by atoms with E-state index >= 15 is 0 Å². The number of fused-ring (bicyclic) bond motifs is 1. The average molecular weight is 193 g/mol. The molecule has 1 aliphatic carbocycles. The van der Waals surface area contributed by atoms with E-state index in [2.05, 4.69) is 4.90 Å². The maximum atomic E-state index is 10.9. The normalized spacial score (nSPS) is 47.4. The van der Waals surface area contributed by atoms with Crippen LogP contribution in [0.4, 0.5) is 0 Å². The van der Waals surface area contributed by atoms with Gasteiger partial charge < -0.3 is 4.79 Å². The Bertz CT molecular complexity index is 253. The number of hydrogen-bond donors (Lipinski definition) is 0. The van der Waals surface area contributed by atoms with Crippen LogP contribution in [-0.4, -0.2) is 29.8 Å². The summed E-state index contributed by atoms with van der Waals surface area (Å²) in [6.07, 6.45) is 9.32. The zero-order chi connectivity index (χ0) is 9.60. The first kappa shape index (κ1) is 8.90. The quantitative estimate of drug-likeness (QED) is 0.592. The second-order valence-corrected chi connectivity index (χ2v) is 5.52. The lowest BCUT2D eigenvalue weighted by molar-refractivity contribution is -0.110. The van der Waals surface area contributed by atoms with Gasteiger partial charge in [-0.2, -0.15) is 0 Å². The molecule has 3 atom stereocenters. The highest BCUT2D eigenvalue weighted by atomic mass is 16.1. The Labute approximate surface area is 85.7 Å². The standard InChI is InChI=1S/C12H19NO/c14-9-11-7-12-4-1-2-10(6-12)3-5-13(12)8-11/h9-11H,1-8H2/t10-,11?,12-/m0/s1. The van der Waals surface area contributed by atoms with Crippen molar-refractivity contribution in [3.63, 3.8) is 0 Å². The van der Waals surface area contributed by atoms with Crippen molar-refractivity contribution in [1.29, 1.82) is 0 Å². The van der Waals surface area contributed by atoms with Crippen molar-refractivity contribution < 1.29 is 4.79 Å². The summed E-state index contributed by atoms with van der Waals surface area (Å²) in [4.78, 5) is 13.5. The van der Waals surface area contributed by atoms with Crippen LogP contribution in [-0.2, 0) is 4.79 Å². The fourth-order valence-corrected chi connectivity index (χ4v) is 4.10. The lowest BCUT2D eigenvalue weighted by Crippen LogP contribution is -2.51. The third-order valence-electron chi connectivity index (χ3n) is 4.69. The van der Waals surface area contributed by atoms with E-state index in [0.717, 1.165) is 18.9 Å². The van der Waals surface area contributed by atoms with E-state index in [9.17, 15) is 4.79 Å². The molecule has 14 heavy (non-hydrogen) atoms. The third kappa shape index (κ3) is 1.16. The highest BCUT2D eigenvalue weighted by Gasteiger charge is 2.49. The zero-order valence-electron chi connectivity index (χ0n) is 8.74. The van der Waals surface area contributed by atoms with Gasteiger partial charge in [0.15, 0.2) is 0 Å². The van der Waals surface area contributed by atoms with Crippen LogP contribution < -0.4 is 0 Å². The highest BCUT2D eigenvalue weighted by molar-refractivity contribution is 5.55. The van der Waals surface area contributed by atoms with Crippen LogP contribution in [0.2, 0.25) is 0 Å². The molecule has 0 amide bonds. The molecule has 2 aliphatic heterocycles. The number of aldehydes is 1. The molecular formula is C12H19NO. The van der Waals surface area contributed by atoms with Gasteiger partial charge in [-0.3, -0.25) is 4.90 Å². The van der Waals surface area contributed by atoms with Crippen LogP contribution in [0.5, 0.6) is 0 Å². The Morgan fingerprint density at radius 1 is 1.29 bits per heavy atom. The van der Waals surface area contributed by atoms with Gasteiger partial charge in [0.2, 0.25) is 0 Å². The van der Waals surface area contributed by atoms with Gasteiger partial charge in [-0.05, 0) is 38.1 Å². The molecule has 3 fully saturated rings. The molecule has 1 saturated carbocycles. The molecule has 3 aliphatic rings. The fraction of sp³-hybridized carbons (Fsp3) is 0.917. The second-order valence-electron chi connectivity index (χ2n) is 5.52. The molecular weight excluding hydrogens is 174 g/mol. The average Bonchev–Trinajstić information content (AvgIpc) is 2.54. The first-order valence-electron chi connectivity index (χ1n) is 6.03. The van der Waals surface area contributed by atoms with E-state index in [-0.39, 0.29) is 0 Å². The number of nitrogens with zero attached hydrogens (tertiary/aromatic N) is 1. The van der Waals surface area contributed by atoms with E-state index in [1.807, 2.05) is 0 Å². The second kappa shape index (κ2) is 3.06. The lowest BCUT2D eigenvalue weighted by Gasteiger charge is -2.49. The summed E-state index contributed by atoms with van der Waals surface area (Å²) in [6.45, 7) is 2.31. The largest absolute Gasteiger partial charge is 0.303 e. The Kier molecular flexibility index (Phi) is 1.94. The number of piperidine rings is 1. The third-order valence-corrected chi connectivity index (χ3v) is 4.69. The molecule has 0 aromatic heterocycles. The highest BCUT2D eigenvalue weighted by Crippen LogP contribution is 2.49. The van der Waals surface area contributed by atoms with Crippen molar-refractivity contribution in [2.24, 2.45) is 11.8 Å². The first-order valence-corrected chi connectivity index (χ1v) is 6.03. The summed E-state index contributed by atoms with van der Waals surface area (Å²) in [5.41, 5.74) is 0.465. The predicted octanol–water partition coefficient (Wildman–Crippen LogP) is 1.84. The van der Waals surface area contributed by atoms with Crippen molar-refractivity contribution in [2.45, 2.75) is 44.1 Å². The van der Waals surface area contributed by atoms with Gasteiger partial charge in [-0.1, -0.05) is 12.8 Å². The van der Waals surface area contributed by atoms with Crippen LogP contribution in [0.3, 0.4) is 0 Å². The SMILES string of the molecule is O=CC1CN2CC[C@@H]3CCC[C@@]2(C1)C3. The van der Waals surface area contributed by atoms with Crippen LogP contribution in [0.1, 0.15) is 38.5 Å². The number of hydrogen-bond acceptors (Lipinski definition) is 2. The number of rotatable bonds is 1. The van der Waals surface area contributed by atoms with E-state index in [1.54, 1.807) is 0 Å². The molecule has 0 aromatic rings. The van der Waals surface area contributed by atoms with E-state index in [4.69, 9.17) is 0 Å². The Hall–Kier alpha value is -0.370. The minimum atomic E-state index is 0.340. The van der Waals surface area contributed by atoms with Gasteiger partial charge in [-0.25, -0.2) is 0 Å². The van der Waals surface area contributed by atoms with Gasteiger partial charge in [0, 0.05) is 18.0 Å². The molecule has 3 rings (SSSR count). The Balaban J connectivity index is 1.85. The van der Waals surface area contributed by atoms with Gasteiger partial charge in [0.1, 0.15) is 6.29 Å². The van der Waals surface area contributed by atoms with Gasteiger partial charge in [-0.15, -0.1) is 0 Å². The summed E-state index contributed by atoms with van der Waals surface area (Å²) in [5, 5.41) is 0. The van der Waals surface area contributed by atoms with Crippen LogP contribution >= 0.6 is 0 Å². The van der Waals surface area contributed by atoms with Gasteiger partial charge >= 0.3 is 0 Å². The molecule has 0 aromatic carbocycles. The minimum absolute atomic E-state index is 0.340. The van der Waals surface area contributed by atoms with Crippen molar-refractivity contribution >= 4 is 6.29 Å². The molecule has 78 valence electrons. The van der Waals surface area contributed by atoms with Crippen LogP contribution in [0.25, 0.3) is 0 Å². The summed E-state index contributed by atoms with van der Waals surface area (Å²) < 4.78 is 0. The summed E-state index contributed by atoms with van der Waals surface area (Å²) >= 11 is 0. The monoisotopic (exact) mass is 193 g/mol.